The normalized spacial score (nSPS) is 16.1. The van der Waals surface area contributed by atoms with Crippen LogP contribution in [-0.2, 0) is 11.2 Å². The molecule has 1 aromatic carbocycles. The Labute approximate surface area is 122 Å². The highest BCUT2D eigenvalue weighted by molar-refractivity contribution is 9.10. The quantitative estimate of drug-likeness (QED) is 0.727. The number of carbonyl (C=O) groups is 1. The van der Waals surface area contributed by atoms with Crippen LogP contribution in [0, 0.1) is 5.92 Å². The van der Waals surface area contributed by atoms with Crippen molar-refractivity contribution >= 4 is 33.3 Å². The summed E-state index contributed by atoms with van der Waals surface area (Å²) >= 11 is 9.49. The highest BCUT2D eigenvalue weighted by Gasteiger charge is 2.16. The smallest absolute Gasteiger partial charge is 0.137 e. The van der Waals surface area contributed by atoms with E-state index in [0.717, 1.165) is 22.4 Å². The van der Waals surface area contributed by atoms with Crippen LogP contribution in [0.5, 0.6) is 0 Å². The van der Waals surface area contributed by atoms with E-state index in [-0.39, 0.29) is 0 Å². The van der Waals surface area contributed by atoms with Crippen LogP contribution in [0.25, 0.3) is 0 Å². The highest BCUT2D eigenvalue weighted by Crippen LogP contribution is 2.29. The lowest BCUT2D eigenvalue weighted by Crippen LogP contribution is -2.06. The number of ketones is 1. The van der Waals surface area contributed by atoms with Crippen molar-refractivity contribution in [3.8, 4) is 0 Å². The first-order valence-electron chi connectivity index (χ1n) is 6.61. The standard InChI is InChI=1S/C15H18BrClO/c16-13-7-6-12(15(17)10-13)9-14(18)8-5-11-3-1-2-4-11/h6-7,10-11H,1-5,8-9H2. The van der Waals surface area contributed by atoms with Gasteiger partial charge in [0.15, 0.2) is 0 Å². The van der Waals surface area contributed by atoms with Crippen molar-refractivity contribution in [2.45, 2.75) is 44.9 Å². The SMILES string of the molecule is O=C(CCC1CCCC1)Cc1ccc(Br)cc1Cl. The fourth-order valence-electron chi connectivity index (χ4n) is 2.63. The van der Waals surface area contributed by atoms with E-state index in [9.17, 15) is 4.79 Å². The van der Waals surface area contributed by atoms with Crippen LogP contribution in [0.2, 0.25) is 5.02 Å². The number of hydrogen-bond acceptors (Lipinski definition) is 1. The van der Waals surface area contributed by atoms with Gasteiger partial charge in [-0.1, -0.05) is 59.3 Å². The molecule has 1 saturated carbocycles. The minimum Gasteiger partial charge on any atom is -0.299 e. The summed E-state index contributed by atoms with van der Waals surface area (Å²) in [5, 5.41) is 0.679. The first-order chi connectivity index (χ1) is 8.65. The molecule has 0 saturated heterocycles. The van der Waals surface area contributed by atoms with Crippen LogP contribution in [0.15, 0.2) is 22.7 Å². The van der Waals surface area contributed by atoms with E-state index in [1.165, 1.54) is 25.7 Å². The molecule has 1 aliphatic rings. The molecule has 1 aromatic rings. The monoisotopic (exact) mass is 328 g/mol. The Morgan fingerprint density at radius 2 is 2.06 bits per heavy atom. The van der Waals surface area contributed by atoms with Crippen LogP contribution in [-0.4, -0.2) is 5.78 Å². The van der Waals surface area contributed by atoms with Gasteiger partial charge in [0, 0.05) is 22.3 Å². The van der Waals surface area contributed by atoms with Crippen molar-refractivity contribution in [2.24, 2.45) is 5.92 Å². The van der Waals surface area contributed by atoms with Gasteiger partial charge < -0.3 is 0 Å². The number of carbonyl (C=O) groups excluding carboxylic acids is 1. The third-order valence-corrected chi connectivity index (χ3v) is 4.55. The molecule has 1 fully saturated rings. The summed E-state index contributed by atoms with van der Waals surface area (Å²) in [6.07, 6.45) is 7.55. The molecule has 1 nitrogen and oxygen atoms in total. The van der Waals surface area contributed by atoms with E-state index >= 15 is 0 Å². The average molecular weight is 330 g/mol. The number of rotatable bonds is 5. The zero-order valence-electron chi connectivity index (χ0n) is 10.4. The number of hydrogen-bond donors (Lipinski definition) is 0. The molecule has 0 radical (unpaired) electrons. The van der Waals surface area contributed by atoms with Crippen molar-refractivity contribution in [3.05, 3.63) is 33.3 Å². The van der Waals surface area contributed by atoms with Crippen LogP contribution in [0.1, 0.15) is 44.1 Å². The maximum Gasteiger partial charge on any atom is 0.137 e. The lowest BCUT2D eigenvalue weighted by molar-refractivity contribution is -0.118. The van der Waals surface area contributed by atoms with Gasteiger partial charge in [0.05, 0.1) is 0 Å². The molecule has 0 heterocycles. The van der Waals surface area contributed by atoms with E-state index in [0.29, 0.717) is 23.6 Å². The predicted octanol–water partition coefficient (Wildman–Crippen LogP) is 5.18. The fourth-order valence-corrected chi connectivity index (χ4v) is 3.37. The van der Waals surface area contributed by atoms with Crippen molar-refractivity contribution in [2.75, 3.05) is 0 Å². The minimum absolute atomic E-state index is 0.311. The molecule has 98 valence electrons. The van der Waals surface area contributed by atoms with Gasteiger partial charge in [0.25, 0.3) is 0 Å². The molecule has 3 heteroatoms. The highest BCUT2D eigenvalue weighted by atomic mass is 79.9. The fraction of sp³-hybridized carbons (Fsp3) is 0.533. The van der Waals surface area contributed by atoms with Crippen LogP contribution < -0.4 is 0 Å². The number of halogens is 2. The zero-order valence-corrected chi connectivity index (χ0v) is 12.8. The van der Waals surface area contributed by atoms with E-state index in [2.05, 4.69) is 15.9 Å². The Balaban J connectivity index is 1.82. The molecule has 0 unspecified atom stereocenters. The molecule has 0 atom stereocenters. The van der Waals surface area contributed by atoms with Crippen molar-refractivity contribution in [1.29, 1.82) is 0 Å². The van der Waals surface area contributed by atoms with Crippen LogP contribution >= 0.6 is 27.5 Å². The molecular weight excluding hydrogens is 312 g/mol. The van der Waals surface area contributed by atoms with Gasteiger partial charge in [-0.3, -0.25) is 4.79 Å². The first-order valence-corrected chi connectivity index (χ1v) is 7.78. The summed E-state index contributed by atoms with van der Waals surface area (Å²) < 4.78 is 0.953. The van der Waals surface area contributed by atoms with Crippen molar-refractivity contribution in [1.82, 2.24) is 0 Å². The second kappa shape index (κ2) is 6.72. The summed E-state index contributed by atoms with van der Waals surface area (Å²) in [5.41, 5.74) is 0.941. The molecule has 18 heavy (non-hydrogen) atoms. The average Bonchev–Trinajstić information content (AvgIpc) is 2.83. The number of Topliss-reactive ketones (excluding diaryl/α,β-unsaturated/α-hetero) is 1. The Bertz CT molecular complexity index is 425. The van der Waals surface area contributed by atoms with E-state index in [1.54, 1.807) is 0 Å². The van der Waals surface area contributed by atoms with Crippen molar-refractivity contribution in [3.63, 3.8) is 0 Å². The predicted molar refractivity (Wildman–Crippen MR) is 79.1 cm³/mol. The molecule has 2 rings (SSSR count). The van der Waals surface area contributed by atoms with Gasteiger partial charge in [-0.25, -0.2) is 0 Å². The molecule has 1 aliphatic carbocycles. The summed E-state index contributed by atoms with van der Waals surface area (Å²) in [5.74, 6) is 1.10. The first kappa shape index (κ1) is 14.1. The second-order valence-corrected chi connectivity index (χ2v) is 6.46. The van der Waals surface area contributed by atoms with E-state index in [1.807, 2.05) is 18.2 Å². The summed E-state index contributed by atoms with van der Waals surface area (Å²) in [4.78, 5) is 11.9. The zero-order chi connectivity index (χ0) is 13.0. The summed E-state index contributed by atoms with van der Waals surface area (Å²) in [6.45, 7) is 0. The maximum absolute atomic E-state index is 11.9. The van der Waals surface area contributed by atoms with Crippen LogP contribution in [0.4, 0.5) is 0 Å². The van der Waals surface area contributed by atoms with Gasteiger partial charge in [-0.2, -0.15) is 0 Å². The molecule has 0 N–H and O–H groups in total. The molecule has 0 spiro atoms. The topological polar surface area (TPSA) is 17.1 Å². The van der Waals surface area contributed by atoms with Gasteiger partial charge in [0.1, 0.15) is 5.78 Å². The summed E-state index contributed by atoms with van der Waals surface area (Å²) in [7, 11) is 0. The summed E-state index contributed by atoms with van der Waals surface area (Å²) in [6, 6.07) is 5.71. The Kier molecular flexibility index (Phi) is 5.25. The molecule has 0 bridgehead atoms. The van der Waals surface area contributed by atoms with Gasteiger partial charge in [0.2, 0.25) is 0 Å². The Hall–Kier alpha value is -0.340. The van der Waals surface area contributed by atoms with Gasteiger partial charge >= 0.3 is 0 Å². The Morgan fingerprint density at radius 1 is 1.33 bits per heavy atom. The van der Waals surface area contributed by atoms with Gasteiger partial charge in [-0.05, 0) is 30.0 Å². The third kappa shape index (κ3) is 4.10. The van der Waals surface area contributed by atoms with Gasteiger partial charge in [-0.15, -0.1) is 0 Å². The lowest BCUT2D eigenvalue weighted by atomic mass is 9.98. The number of benzene rings is 1. The molecule has 0 amide bonds. The maximum atomic E-state index is 11.9. The second-order valence-electron chi connectivity index (χ2n) is 5.14. The van der Waals surface area contributed by atoms with E-state index in [4.69, 9.17) is 11.6 Å². The molecule has 0 aromatic heterocycles. The largest absolute Gasteiger partial charge is 0.299 e. The van der Waals surface area contributed by atoms with E-state index < -0.39 is 0 Å². The molecule has 0 aliphatic heterocycles. The minimum atomic E-state index is 0.311. The Morgan fingerprint density at radius 3 is 2.72 bits per heavy atom. The third-order valence-electron chi connectivity index (χ3n) is 3.71. The van der Waals surface area contributed by atoms with Crippen LogP contribution in [0.3, 0.4) is 0 Å². The lowest BCUT2D eigenvalue weighted by Gasteiger charge is -2.08. The van der Waals surface area contributed by atoms with Crippen molar-refractivity contribution < 1.29 is 4.79 Å². The molecular formula is C15H18BrClO.